The monoisotopic (exact) mass is 326 g/mol. The van der Waals surface area contributed by atoms with Crippen molar-refractivity contribution in [1.29, 1.82) is 0 Å². The number of morpholine rings is 1. The Morgan fingerprint density at radius 3 is 2.54 bits per heavy atom. The molecule has 0 radical (unpaired) electrons. The Morgan fingerprint density at radius 2 is 1.92 bits per heavy atom. The lowest BCUT2D eigenvalue weighted by Crippen LogP contribution is -2.45. The molecule has 3 N–H and O–H groups in total. The molecular formula is C18H22N4O2. The van der Waals surface area contributed by atoms with Crippen molar-refractivity contribution in [2.75, 3.05) is 36.5 Å². The average molecular weight is 326 g/mol. The van der Waals surface area contributed by atoms with Gasteiger partial charge in [-0.25, -0.2) is 4.98 Å². The smallest absolute Gasteiger partial charge is 0.248 e. The number of hydrogen-bond donors (Lipinski definition) is 2. The van der Waals surface area contributed by atoms with E-state index in [1.165, 1.54) is 0 Å². The van der Waals surface area contributed by atoms with Gasteiger partial charge in [0.15, 0.2) is 0 Å². The highest BCUT2D eigenvalue weighted by Gasteiger charge is 2.30. The molecule has 0 bridgehead atoms. The summed E-state index contributed by atoms with van der Waals surface area (Å²) in [6, 6.07) is 13.1. The summed E-state index contributed by atoms with van der Waals surface area (Å²) in [5.74, 6) is 0.615. The van der Waals surface area contributed by atoms with Crippen molar-refractivity contribution < 1.29 is 9.53 Å². The molecule has 2 aromatic rings. The van der Waals surface area contributed by atoms with Crippen molar-refractivity contribution in [1.82, 2.24) is 4.98 Å². The van der Waals surface area contributed by atoms with Crippen LogP contribution in [0.15, 0.2) is 48.7 Å². The number of hydrogen-bond acceptors (Lipinski definition) is 5. The Morgan fingerprint density at radius 1 is 1.21 bits per heavy atom. The van der Waals surface area contributed by atoms with Gasteiger partial charge in [-0.3, -0.25) is 4.79 Å². The summed E-state index contributed by atoms with van der Waals surface area (Å²) in [7, 11) is 0. The van der Waals surface area contributed by atoms with Crippen molar-refractivity contribution in [3.05, 3.63) is 54.2 Å². The molecule has 3 rings (SSSR count). The number of aromatic nitrogens is 1. The number of rotatable bonds is 4. The number of nitrogens with one attached hydrogen (secondary N) is 1. The third kappa shape index (κ3) is 3.55. The standard InChI is InChI=1S/C18H22N4O2/c1-18(19,14-5-3-2-4-6-14)17(23)21-15-7-8-16(20-13-15)22-9-11-24-12-10-22/h2-8,13H,9-12,19H2,1H3,(H,21,23). The van der Waals surface area contributed by atoms with E-state index < -0.39 is 5.54 Å². The molecule has 2 heterocycles. The van der Waals surface area contributed by atoms with Crippen LogP contribution in [0.3, 0.4) is 0 Å². The van der Waals surface area contributed by atoms with Crippen molar-refractivity contribution in [3.63, 3.8) is 0 Å². The fourth-order valence-electron chi connectivity index (χ4n) is 2.62. The number of pyridine rings is 1. The molecule has 1 saturated heterocycles. The maximum atomic E-state index is 12.5. The lowest BCUT2D eigenvalue weighted by atomic mass is 9.92. The van der Waals surface area contributed by atoms with E-state index in [0.29, 0.717) is 18.9 Å². The van der Waals surface area contributed by atoms with E-state index in [0.717, 1.165) is 24.5 Å². The predicted molar refractivity (Wildman–Crippen MR) is 93.9 cm³/mol. The van der Waals surface area contributed by atoms with E-state index >= 15 is 0 Å². The zero-order valence-electron chi connectivity index (χ0n) is 13.7. The van der Waals surface area contributed by atoms with Crippen LogP contribution >= 0.6 is 0 Å². The number of anilines is 2. The zero-order valence-corrected chi connectivity index (χ0v) is 13.7. The molecule has 0 saturated carbocycles. The maximum absolute atomic E-state index is 12.5. The van der Waals surface area contributed by atoms with Gasteiger partial charge in [0.1, 0.15) is 11.4 Å². The van der Waals surface area contributed by atoms with Crippen LogP contribution in [-0.4, -0.2) is 37.2 Å². The summed E-state index contributed by atoms with van der Waals surface area (Å²) in [4.78, 5) is 19.1. The number of carbonyl (C=O) groups excluding carboxylic acids is 1. The molecule has 1 aliphatic heterocycles. The number of nitrogens with two attached hydrogens (primary N) is 1. The van der Waals surface area contributed by atoms with Crippen LogP contribution in [0.5, 0.6) is 0 Å². The second-order valence-corrected chi connectivity index (χ2v) is 6.03. The van der Waals surface area contributed by atoms with Crippen LogP contribution in [0.1, 0.15) is 12.5 Å². The van der Waals surface area contributed by atoms with Crippen LogP contribution in [-0.2, 0) is 15.1 Å². The minimum absolute atomic E-state index is 0.269. The number of carbonyl (C=O) groups is 1. The van der Waals surface area contributed by atoms with Crippen molar-refractivity contribution >= 4 is 17.4 Å². The summed E-state index contributed by atoms with van der Waals surface area (Å²) in [6.45, 7) is 4.78. The lowest BCUT2D eigenvalue weighted by Gasteiger charge is -2.28. The molecule has 1 unspecified atom stereocenters. The second kappa shape index (κ2) is 6.98. The molecule has 24 heavy (non-hydrogen) atoms. The molecule has 6 heteroatoms. The van der Waals surface area contributed by atoms with E-state index in [1.54, 1.807) is 13.1 Å². The van der Waals surface area contributed by atoms with Gasteiger partial charge in [-0.05, 0) is 24.6 Å². The molecule has 1 aromatic carbocycles. The minimum atomic E-state index is -1.11. The third-order valence-electron chi connectivity index (χ3n) is 4.19. The number of amides is 1. The first-order chi connectivity index (χ1) is 11.6. The maximum Gasteiger partial charge on any atom is 0.248 e. The quantitative estimate of drug-likeness (QED) is 0.894. The molecule has 1 aromatic heterocycles. The fraction of sp³-hybridized carbons (Fsp3) is 0.333. The van der Waals surface area contributed by atoms with E-state index in [9.17, 15) is 4.79 Å². The molecule has 1 amide bonds. The largest absolute Gasteiger partial charge is 0.378 e. The zero-order chi connectivity index (χ0) is 17.0. The number of benzene rings is 1. The Labute approximate surface area is 141 Å². The second-order valence-electron chi connectivity index (χ2n) is 6.03. The van der Waals surface area contributed by atoms with Crippen LogP contribution in [0, 0.1) is 0 Å². The van der Waals surface area contributed by atoms with E-state index in [4.69, 9.17) is 10.5 Å². The van der Waals surface area contributed by atoms with Gasteiger partial charge in [0.05, 0.1) is 25.1 Å². The first kappa shape index (κ1) is 16.4. The van der Waals surface area contributed by atoms with Crippen LogP contribution in [0.2, 0.25) is 0 Å². The van der Waals surface area contributed by atoms with Gasteiger partial charge < -0.3 is 20.7 Å². The first-order valence-electron chi connectivity index (χ1n) is 8.02. The van der Waals surface area contributed by atoms with E-state index in [-0.39, 0.29) is 5.91 Å². The lowest BCUT2D eigenvalue weighted by molar-refractivity contribution is -0.120. The van der Waals surface area contributed by atoms with Crippen molar-refractivity contribution in [2.45, 2.75) is 12.5 Å². The minimum Gasteiger partial charge on any atom is -0.378 e. The molecule has 6 nitrogen and oxygen atoms in total. The Balaban J connectivity index is 1.68. The van der Waals surface area contributed by atoms with Gasteiger partial charge in [0.25, 0.3) is 0 Å². The number of ether oxygens (including phenoxy) is 1. The molecule has 1 atom stereocenters. The van der Waals surface area contributed by atoms with E-state index in [2.05, 4.69) is 15.2 Å². The third-order valence-corrected chi connectivity index (χ3v) is 4.19. The molecule has 1 fully saturated rings. The number of nitrogens with zero attached hydrogens (tertiary/aromatic N) is 2. The molecule has 126 valence electrons. The van der Waals surface area contributed by atoms with Crippen molar-refractivity contribution in [2.24, 2.45) is 5.73 Å². The summed E-state index contributed by atoms with van der Waals surface area (Å²) in [5, 5.41) is 2.84. The van der Waals surface area contributed by atoms with Crippen LogP contribution in [0.4, 0.5) is 11.5 Å². The van der Waals surface area contributed by atoms with E-state index in [1.807, 2.05) is 42.5 Å². The van der Waals surface area contributed by atoms with Gasteiger partial charge in [-0.1, -0.05) is 30.3 Å². The Kier molecular flexibility index (Phi) is 4.78. The SMILES string of the molecule is CC(N)(C(=O)Nc1ccc(N2CCOCC2)nc1)c1ccccc1. The van der Waals surface area contributed by atoms with Gasteiger partial charge in [0, 0.05) is 13.1 Å². The summed E-state index contributed by atoms with van der Waals surface area (Å²) >= 11 is 0. The average Bonchev–Trinajstić information content (AvgIpc) is 2.64. The Hall–Kier alpha value is -2.44. The molecule has 1 aliphatic rings. The normalized spacial score (nSPS) is 17.2. The molecule has 0 spiro atoms. The summed E-state index contributed by atoms with van der Waals surface area (Å²) in [5.41, 5.74) is 6.51. The summed E-state index contributed by atoms with van der Waals surface area (Å²) < 4.78 is 5.34. The van der Waals surface area contributed by atoms with Crippen molar-refractivity contribution in [3.8, 4) is 0 Å². The van der Waals surface area contributed by atoms with Gasteiger partial charge in [-0.15, -0.1) is 0 Å². The van der Waals surface area contributed by atoms with Crippen LogP contribution in [0.25, 0.3) is 0 Å². The fourth-order valence-corrected chi connectivity index (χ4v) is 2.62. The Bertz CT molecular complexity index is 680. The van der Waals surface area contributed by atoms with Gasteiger partial charge in [0.2, 0.25) is 5.91 Å². The van der Waals surface area contributed by atoms with Gasteiger partial charge >= 0.3 is 0 Å². The summed E-state index contributed by atoms with van der Waals surface area (Å²) in [6.07, 6.45) is 1.66. The first-order valence-corrected chi connectivity index (χ1v) is 8.02. The highest BCUT2D eigenvalue weighted by molar-refractivity contribution is 5.98. The van der Waals surface area contributed by atoms with Gasteiger partial charge in [-0.2, -0.15) is 0 Å². The predicted octanol–water partition coefficient (Wildman–Crippen LogP) is 1.73. The highest BCUT2D eigenvalue weighted by Crippen LogP contribution is 2.21. The topological polar surface area (TPSA) is 80.5 Å². The molecular weight excluding hydrogens is 304 g/mol. The molecule has 0 aliphatic carbocycles. The highest BCUT2D eigenvalue weighted by atomic mass is 16.5. The van der Waals surface area contributed by atoms with Crippen LogP contribution < -0.4 is 16.0 Å².